The molecular formula is C13H26O12. The van der Waals surface area contributed by atoms with Crippen molar-refractivity contribution in [3.8, 4) is 0 Å². The fourth-order valence-corrected chi connectivity index (χ4v) is 1.47. The normalized spacial score (nSPS) is 12.2. The van der Waals surface area contributed by atoms with Crippen molar-refractivity contribution in [2.75, 3.05) is 26.4 Å². The molecule has 0 saturated carbocycles. The SMILES string of the molecule is CCOC(C)(OCC)OOOOC(=O)OOOC(C)(OCC)OCC. The molecule has 0 bridgehead atoms. The van der Waals surface area contributed by atoms with E-state index in [1.807, 2.05) is 0 Å². The molecule has 0 aromatic heterocycles. The standard InChI is InChI=1S/C13H26O12/c1-7-15-12(5,16-8-2)21-23-19-11(14)20-24-25-22-13(6,17-9-3)18-10-4/h7-10H2,1-6H3. The predicted octanol–water partition coefficient (Wildman–Crippen LogP) is 2.29. The van der Waals surface area contributed by atoms with E-state index in [0.717, 1.165) is 0 Å². The van der Waals surface area contributed by atoms with Gasteiger partial charge in [-0.15, -0.1) is 9.78 Å². The number of hydrogen-bond acceptors (Lipinski definition) is 12. The summed E-state index contributed by atoms with van der Waals surface area (Å²) >= 11 is 0. The van der Waals surface area contributed by atoms with E-state index < -0.39 is 18.1 Å². The first-order chi connectivity index (χ1) is 11.8. The Kier molecular flexibility index (Phi) is 12.6. The Hall–Kier alpha value is -1.09. The smallest absolute Gasteiger partial charge is 0.326 e. The molecule has 0 atom stereocenters. The highest BCUT2D eigenvalue weighted by Gasteiger charge is 2.30. The predicted molar refractivity (Wildman–Crippen MR) is 76.3 cm³/mol. The van der Waals surface area contributed by atoms with E-state index in [2.05, 4.69) is 34.7 Å². The van der Waals surface area contributed by atoms with Crippen molar-refractivity contribution in [3.63, 3.8) is 0 Å². The van der Waals surface area contributed by atoms with Crippen molar-refractivity contribution in [1.82, 2.24) is 0 Å². The minimum Gasteiger partial charge on any atom is -0.326 e. The highest BCUT2D eigenvalue weighted by atomic mass is 17.7. The number of ether oxygens (including phenoxy) is 4. The van der Waals surface area contributed by atoms with Gasteiger partial charge in [0.15, 0.2) is 0 Å². The summed E-state index contributed by atoms with van der Waals surface area (Å²) < 4.78 is 20.5. The maximum absolute atomic E-state index is 11.2. The highest BCUT2D eigenvalue weighted by molar-refractivity contribution is 5.57. The second-order valence-corrected chi connectivity index (χ2v) is 4.24. The van der Waals surface area contributed by atoms with Gasteiger partial charge in [-0.25, -0.2) is 9.78 Å². The van der Waals surface area contributed by atoms with E-state index in [4.69, 9.17) is 18.9 Å². The number of rotatable bonds is 15. The summed E-state index contributed by atoms with van der Waals surface area (Å²) in [7, 11) is 0. The van der Waals surface area contributed by atoms with Crippen molar-refractivity contribution in [3.05, 3.63) is 0 Å². The molecule has 12 heteroatoms. The lowest BCUT2D eigenvalue weighted by atomic mass is 10.6. The van der Waals surface area contributed by atoms with E-state index in [-0.39, 0.29) is 26.4 Å². The average Bonchev–Trinajstić information content (AvgIpc) is 2.52. The van der Waals surface area contributed by atoms with Crippen LogP contribution in [-0.4, -0.2) is 44.5 Å². The summed E-state index contributed by atoms with van der Waals surface area (Å²) in [6.45, 7) is 10.7. The molecule has 0 aromatic rings. The Balaban J connectivity index is 4.00. The maximum atomic E-state index is 11.2. The molecule has 0 radical (unpaired) electrons. The monoisotopic (exact) mass is 374 g/mol. The van der Waals surface area contributed by atoms with Gasteiger partial charge in [-0.05, 0) is 37.8 Å². The Morgan fingerprint density at radius 3 is 1.40 bits per heavy atom. The Bertz CT molecular complexity index is 338. The van der Waals surface area contributed by atoms with Crippen LogP contribution >= 0.6 is 0 Å². The minimum absolute atomic E-state index is 0.261. The summed E-state index contributed by atoms with van der Waals surface area (Å²) in [5, 5.41) is 12.4. The van der Waals surface area contributed by atoms with Crippen molar-refractivity contribution in [1.29, 1.82) is 0 Å². The van der Waals surface area contributed by atoms with E-state index >= 15 is 0 Å². The lowest BCUT2D eigenvalue weighted by molar-refractivity contribution is -0.677. The van der Waals surface area contributed by atoms with Gasteiger partial charge >= 0.3 is 18.1 Å². The van der Waals surface area contributed by atoms with Gasteiger partial charge < -0.3 is 18.9 Å². The quantitative estimate of drug-likeness (QED) is 0.181. The fourth-order valence-electron chi connectivity index (χ4n) is 1.47. The molecule has 0 aliphatic heterocycles. The van der Waals surface area contributed by atoms with Gasteiger partial charge in [0.05, 0.1) is 0 Å². The fraction of sp³-hybridized carbons (Fsp3) is 0.923. The van der Waals surface area contributed by atoms with Gasteiger partial charge in [0, 0.05) is 45.3 Å². The molecule has 0 amide bonds. The van der Waals surface area contributed by atoms with Crippen LogP contribution < -0.4 is 0 Å². The number of hydrogen-bond donors (Lipinski definition) is 0. The largest absolute Gasteiger partial charge is 0.577 e. The van der Waals surface area contributed by atoms with Gasteiger partial charge in [0.1, 0.15) is 0 Å². The second kappa shape index (κ2) is 13.2. The van der Waals surface area contributed by atoms with Gasteiger partial charge in [-0.3, -0.25) is 0 Å². The molecule has 0 spiro atoms. The van der Waals surface area contributed by atoms with Crippen molar-refractivity contribution in [2.45, 2.75) is 53.5 Å². The lowest BCUT2D eigenvalue weighted by Crippen LogP contribution is -2.36. The molecule has 12 nitrogen and oxygen atoms in total. The third-order valence-electron chi connectivity index (χ3n) is 2.23. The van der Waals surface area contributed by atoms with Crippen molar-refractivity contribution >= 4 is 6.16 Å². The third kappa shape index (κ3) is 11.2. The molecular weight excluding hydrogens is 348 g/mol. The van der Waals surface area contributed by atoms with Crippen LogP contribution in [0, 0.1) is 0 Å². The van der Waals surface area contributed by atoms with Crippen LogP contribution in [-0.2, 0) is 53.6 Å². The summed E-state index contributed by atoms with van der Waals surface area (Å²) in [5.74, 6) is -3.12. The van der Waals surface area contributed by atoms with Gasteiger partial charge in [0.25, 0.3) is 0 Å². The minimum atomic E-state index is -1.57. The van der Waals surface area contributed by atoms with Crippen LogP contribution in [0.4, 0.5) is 4.79 Å². The number of carbonyl (C=O) groups is 1. The third-order valence-corrected chi connectivity index (χ3v) is 2.23. The van der Waals surface area contributed by atoms with Crippen LogP contribution in [0.15, 0.2) is 0 Å². The van der Waals surface area contributed by atoms with Crippen LogP contribution in [0.5, 0.6) is 0 Å². The Morgan fingerprint density at radius 2 is 1.00 bits per heavy atom. The van der Waals surface area contributed by atoms with E-state index in [0.29, 0.717) is 0 Å². The number of carbonyl (C=O) groups excluding carboxylic acids is 1. The van der Waals surface area contributed by atoms with E-state index in [1.54, 1.807) is 27.7 Å². The summed E-state index contributed by atoms with van der Waals surface area (Å²) in [5.41, 5.74) is 0. The zero-order valence-corrected chi connectivity index (χ0v) is 15.2. The summed E-state index contributed by atoms with van der Waals surface area (Å²) in [4.78, 5) is 28.6. The Labute approximate surface area is 145 Å². The molecule has 0 fully saturated rings. The molecule has 0 saturated heterocycles. The average molecular weight is 374 g/mol. The van der Waals surface area contributed by atoms with Crippen molar-refractivity contribution in [2.24, 2.45) is 0 Å². The zero-order chi connectivity index (χ0) is 19.2. The maximum Gasteiger partial charge on any atom is 0.577 e. The molecule has 0 N–H and O–H groups in total. The molecule has 0 rings (SSSR count). The molecule has 150 valence electrons. The van der Waals surface area contributed by atoms with Crippen molar-refractivity contribution < 1.29 is 58.4 Å². The lowest BCUT2D eigenvalue weighted by Gasteiger charge is -2.25. The Morgan fingerprint density at radius 1 is 0.640 bits per heavy atom. The first kappa shape index (κ1) is 23.9. The molecule has 0 heterocycles. The summed E-state index contributed by atoms with van der Waals surface area (Å²) in [6, 6.07) is 0. The highest BCUT2D eigenvalue weighted by Crippen LogP contribution is 2.16. The zero-order valence-electron chi connectivity index (χ0n) is 15.2. The first-order valence-corrected chi connectivity index (χ1v) is 7.65. The van der Waals surface area contributed by atoms with E-state index in [1.165, 1.54) is 13.8 Å². The van der Waals surface area contributed by atoms with Crippen LogP contribution in [0.25, 0.3) is 0 Å². The molecule has 0 unspecified atom stereocenters. The van der Waals surface area contributed by atoms with Crippen LogP contribution in [0.2, 0.25) is 0 Å². The first-order valence-electron chi connectivity index (χ1n) is 7.65. The molecule has 0 aliphatic carbocycles. The molecule has 0 aromatic carbocycles. The van der Waals surface area contributed by atoms with Gasteiger partial charge in [0.2, 0.25) is 0 Å². The van der Waals surface area contributed by atoms with Gasteiger partial charge in [-0.1, -0.05) is 0 Å². The van der Waals surface area contributed by atoms with Gasteiger partial charge in [-0.2, -0.15) is 4.79 Å². The molecule has 0 aliphatic rings. The van der Waals surface area contributed by atoms with Crippen LogP contribution in [0.1, 0.15) is 41.5 Å². The van der Waals surface area contributed by atoms with E-state index in [9.17, 15) is 4.79 Å². The molecule has 25 heavy (non-hydrogen) atoms. The van der Waals surface area contributed by atoms with Crippen LogP contribution in [0.3, 0.4) is 0 Å². The topological polar surface area (TPSA) is 119 Å². The summed E-state index contributed by atoms with van der Waals surface area (Å²) in [6.07, 6.45) is -1.46. The second-order valence-electron chi connectivity index (χ2n) is 4.24.